The highest BCUT2D eigenvalue weighted by molar-refractivity contribution is 5.72. The van der Waals surface area contributed by atoms with Gasteiger partial charge in [-0.15, -0.1) is 0 Å². The maximum Gasteiger partial charge on any atom is 0.508 e. The first kappa shape index (κ1) is 25.3. The van der Waals surface area contributed by atoms with E-state index in [0.717, 1.165) is 37.5 Å². The second-order valence-corrected chi connectivity index (χ2v) is 10.7. The van der Waals surface area contributed by atoms with Crippen LogP contribution in [0.2, 0.25) is 0 Å². The molecule has 0 bridgehead atoms. The maximum atomic E-state index is 11.8. The Bertz CT molecular complexity index is 1000. The molecule has 6 atom stereocenters. The van der Waals surface area contributed by atoms with Crippen LogP contribution in [-0.4, -0.2) is 35.1 Å². The lowest BCUT2D eigenvalue weighted by Gasteiger charge is -2.57. The summed E-state index contributed by atoms with van der Waals surface area (Å²) in [6.07, 6.45) is 14.1. The fraction of sp³-hybridized carbons (Fsp3) is 0.607. The van der Waals surface area contributed by atoms with E-state index in [1.54, 1.807) is 0 Å². The van der Waals surface area contributed by atoms with Gasteiger partial charge >= 0.3 is 6.16 Å². The smallest absolute Gasteiger partial charge is 0.508 e. The lowest BCUT2D eigenvalue weighted by molar-refractivity contribution is -0.275. The molecule has 7 nitrogen and oxygen atoms in total. The van der Waals surface area contributed by atoms with Crippen LogP contribution >= 0.6 is 0 Å². The Labute approximate surface area is 207 Å². The molecule has 4 unspecified atom stereocenters. The number of fused-ring (bicyclic) bond motifs is 5. The summed E-state index contributed by atoms with van der Waals surface area (Å²) in [4.78, 5) is 24.6. The molecule has 35 heavy (non-hydrogen) atoms. The van der Waals surface area contributed by atoms with Crippen molar-refractivity contribution in [1.82, 2.24) is 4.98 Å². The summed E-state index contributed by atoms with van der Waals surface area (Å²) in [7, 11) is 0. The Morgan fingerprint density at radius 1 is 1.14 bits per heavy atom. The molecule has 0 saturated heterocycles. The van der Waals surface area contributed by atoms with Crippen LogP contribution in [0.25, 0.3) is 5.57 Å². The van der Waals surface area contributed by atoms with E-state index in [-0.39, 0.29) is 16.9 Å². The van der Waals surface area contributed by atoms with Gasteiger partial charge in [0.25, 0.3) is 0 Å². The standard InChI is InChI=1S/C27H35NO3.CH2O3/c1-4-30-25(29)31-20-11-13-26(2)19(16-20)7-8-21-23-10-9-22(18-6-5-15-28-17-18)27(23,3)14-12-24(21)26;2-1(3)4/h5-7,9,15,17,20-21,23-24H,4,8,10-14,16H2,1-3H3;(H2,2,3,4)/p-1/t20?,21?,23?,24?,26-,27+;/m0./s1. The average molecular weight is 483 g/mol. The number of hydrogen-bond donors (Lipinski definition) is 1. The minimum Gasteiger partial charge on any atom is -0.565 e. The molecule has 1 heterocycles. The van der Waals surface area contributed by atoms with E-state index in [1.165, 1.54) is 36.0 Å². The van der Waals surface area contributed by atoms with Crippen LogP contribution < -0.4 is 5.11 Å². The summed E-state index contributed by atoms with van der Waals surface area (Å²) < 4.78 is 10.6. The molecule has 190 valence electrons. The summed E-state index contributed by atoms with van der Waals surface area (Å²) in [6.45, 7) is 7.18. The number of ether oxygens (including phenoxy) is 2. The van der Waals surface area contributed by atoms with Gasteiger partial charge in [0.15, 0.2) is 0 Å². The number of nitrogens with zero attached hydrogens (tertiary/aromatic N) is 1. The molecule has 2 saturated carbocycles. The van der Waals surface area contributed by atoms with Gasteiger partial charge in [-0.2, -0.15) is 0 Å². The quantitative estimate of drug-likeness (QED) is 0.449. The number of hydrogen-bond acceptors (Lipinski definition) is 6. The normalized spacial score (nSPS) is 35.1. The maximum absolute atomic E-state index is 11.8. The Morgan fingerprint density at radius 3 is 2.57 bits per heavy atom. The van der Waals surface area contributed by atoms with Crippen LogP contribution in [0.15, 0.2) is 42.3 Å². The van der Waals surface area contributed by atoms with Crippen LogP contribution in [0.4, 0.5) is 9.59 Å². The third kappa shape index (κ3) is 4.82. The molecule has 1 aromatic heterocycles. The largest absolute Gasteiger partial charge is 0.565 e. The highest BCUT2D eigenvalue weighted by Crippen LogP contribution is 2.66. The van der Waals surface area contributed by atoms with E-state index >= 15 is 0 Å². The first-order valence-corrected chi connectivity index (χ1v) is 12.7. The van der Waals surface area contributed by atoms with Gasteiger partial charge in [0.05, 0.1) is 6.61 Å². The van der Waals surface area contributed by atoms with Crippen LogP contribution in [0.3, 0.4) is 0 Å². The second-order valence-electron chi connectivity index (χ2n) is 10.7. The topological polar surface area (TPSA) is 109 Å². The fourth-order valence-corrected chi connectivity index (χ4v) is 7.55. The summed E-state index contributed by atoms with van der Waals surface area (Å²) in [6, 6.07) is 4.29. The lowest BCUT2D eigenvalue weighted by Crippen LogP contribution is -2.50. The third-order valence-corrected chi connectivity index (χ3v) is 9.14. The van der Waals surface area contributed by atoms with Crippen molar-refractivity contribution in [3.63, 3.8) is 0 Å². The van der Waals surface area contributed by atoms with Crippen LogP contribution in [0.5, 0.6) is 0 Å². The first-order chi connectivity index (χ1) is 16.7. The SMILES string of the molecule is CCOC(=O)OC1CC[C@@]2(C)C(=CCC3C2CC[C@]2(C)C(c4cccnc4)=CCC32)C1.O=C([O-])O. The first-order valence-electron chi connectivity index (χ1n) is 12.7. The molecule has 0 spiro atoms. The molecule has 4 aliphatic rings. The summed E-state index contributed by atoms with van der Waals surface area (Å²) in [5, 5.41) is 15.3. The van der Waals surface area contributed by atoms with Crippen molar-refractivity contribution in [2.24, 2.45) is 28.6 Å². The minimum absolute atomic E-state index is 0.0332. The summed E-state index contributed by atoms with van der Waals surface area (Å²) >= 11 is 0. The van der Waals surface area contributed by atoms with Crippen molar-refractivity contribution >= 4 is 17.9 Å². The zero-order valence-electron chi connectivity index (χ0n) is 20.9. The molecule has 1 N–H and O–H groups in total. The average Bonchev–Trinajstić information content (AvgIpc) is 3.17. The lowest BCUT2D eigenvalue weighted by atomic mass is 9.47. The van der Waals surface area contributed by atoms with Crippen molar-refractivity contribution < 1.29 is 29.3 Å². The van der Waals surface area contributed by atoms with E-state index in [4.69, 9.17) is 24.5 Å². The van der Waals surface area contributed by atoms with E-state index in [2.05, 4.69) is 43.1 Å². The van der Waals surface area contributed by atoms with Crippen molar-refractivity contribution in [2.45, 2.75) is 71.8 Å². The number of carbonyl (C=O) groups is 2. The second kappa shape index (κ2) is 10.0. The molecular formula is C28H36NO6-. The van der Waals surface area contributed by atoms with Gasteiger partial charge in [-0.05, 0) is 91.2 Å². The zero-order valence-corrected chi connectivity index (χ0v) is 20.9. The number of pyridine rings is 1. The van der Waals surface area contributed by atoms with Crippen molar-refractivity contribution in [3.05, 3.63) is 47.8 Å². The van der Waals surface area contributed by atoms with Gasteiger partial charge in [-0.3, -0.25) is 4.98 Å². The number of aromatic nitrogens is 1. The fourth-order valence-electron chi connectivity index (χ4n) is 7.55. The Morgan fingerprint density at radius 2 is 1.89 bits per heavy atom. The molecule has 4 aliphatic carbocycles. The van der Waals surface area contributed by atoms with Crippen molar-refractivity contribution in [3.8, 4) is 0 Å². The summed E-state index contributed by atoms with van der Waals surface area (Å²) in [5.74, 6) is 2.18. The molecule has 2 fully saturated rings. The molecule has 1 aromatic rings. The molecule has 0 amide bonds. The predicted octanol–water partition coefficient (Wildman–Crippen LogP) is 5.47. The van der Waals surface area contributed by atoms with E-state index < -0.39 is 12.3 Å². The Hall–Kier alpha value is -2.83. The van der Waals surface area contributed by atoms with Crippen molar-refractivity contribution in [2.75, 3.05) is 6.61 Å². The number of allylic oxidation sites excluding steroid dienone is 3. The van der Waals surface area contributed by atoms with E-state index in [0.29, 0.717) is 12.5 Å². The number of carbonyl (C=O) groups excluding carboxylic acids is 1. The zero-order chi connectivity index (χ0) is 25.2. The Balaban J connectivity index is 0.000000672. The monoisotopic (exact) mass is 482 g/mol. The molecule has 0 aliphatic heterocycles. The minimum atomic E-state index is -2.08. The molecule has 5 rings (SSSR count). The van der Waals surface area contributed by atoms with Gasteiger partial charge < -0.3 is 24.5 Å². The molecule has 0 aromatic carbocycles. The van der Waals surface area contributed by atoms with Gasteiger partial charge in [0, 0.05) is 18.8 Å². The third-order valence-electron chi connectivity index (χ3n) is 9.14. The van der Waals surface area contributed by atoms with E-state index in [9.17, 15) is 4.79 Å². The van der Waals surface area contributed by atoms with Crippen molar-refractivity contribution in [1.29, 1.82) is 0 Å². The van der Waals surface area contributed by atoms with Crippen LogP contribution in [0, 0.1) is 28.6 Å². The molecular weight excluding hydrogens is 446 g/mol. The predicted molar refractivity (Wildman–Crippen MR) is 129 cm³/mol. The highest BCUT2D eigenvalue weighted by atomic mass is 16.7. The van der Waals surface area contributed by atoms with E-state index in [1.807, 2.05) is 19.3 Å². The van der Waals surface area contributed by atoms with Crippen LogP contribution in [-0.2, 0) is 9.47 Å². The van der Waals surface area contributed by atoms with Gasteiger partial charge in [0.1, 0.15) is 6.10 Å². The van der Waals surface area contributed by atoms with Gasteiger partial charge in [0.2, 0.25) is 6.16 Å². The number of carboxylic acid groups (broad SMARTS) is 2. The van der Waals surface area contributed by atoms with Crippen LogP contribution in [0.1, 0.15) is 71.3 Å². The Kier molecular flexibility index (Phi) is 7.25. The molecule has 0 radical (unpaired) electrons. The van der Waals surface area contributed by atoms with Gasteiger partial charge in [-0.25, -0.2) is 4.79 Å². The summed E-state index contributed by atoms with van der Waals surface area (Å²) in [5.41, 5.74) is 4.86. The number of rotatable bonds is 3. The molecule has 7 heteroatoms. The highest BCUT2D eigenvalue weighted by Gasteiger charge is 2.57. The van der Waals surface area contributed by atoms with Gasteiger partial charge in [-0.1, -0.05) is 37.6 Å².